The van der Waals surface area contributed by atoms with Gasteiger partial charge in [0.15, 0.2) is 0 Å². The number of amides is 1. The van der Waals surface area contributed by atoms with E-state index in [0.29, 0.717) is 0 Å². The summed E-state index contributed by atoms with van der Waals surface area (Å²) in [5, 5.41) is 13.3. The van der Waals surface area contributed by atoms with Crippen molar-refractivity contribution in [1.82, 2.24) is 5.43 Å². The lowest BCUT2D eigenvalue weighted by Gasteiger charge is -2.01. The van der Waals surface area contributed by atoms with Gasteiger partial charge in [0, 0.05) is 6.21 Å². The molecule has 0 heterocycles. The first-order valence-electron chi connectivity index (χ1n) is 6.10. The summed E-state index contributed by atoms with van der Waals surface area (Å²) in [5.74, 6) is -0.521. The minimum atomic E-state index is -0.451. The Morgan fingerprint density at radius 2 is 1.75 bits per heavy atom. The first-order valence-corrected chi connectivity index (χ1v) is 6.10. The number of hydrogen-bond donors (Lipinski definition) is 2. The molecule has 2 aromatic rings. The molecule has 4 nitrogen and oxygen atoms in total. The van der Waals surface area contributed by atoms with Gasteiger partial charge in [-0.1, -0.05) is 48.5 Å². The van der Waals surface area contributed by atoms with Crippen LogP contribution < -0.4 is 5.43 Å². The molecule has 1 amide bonds. The first-order chi connectivity index (χ1) is 9.77. The number of allylic oxidation sites excluding steroid dienone is 1. The zero-order valence-corrected chi connectivity index (χ0v) is 10.7. The normalized spacial score (nSPS) is 11.0. The van der Waals surface area contributed by atoms with E-state index in [0.717, 1.165) is 5.56 Å². The number of phenols is 1. The molecule has 2 aromatic carbocycles. The lowest BCUT2D eigenvalue weighted by atomic mass is 10.2. The van der Waals surface area contributed by atoms with Crippen LogP contribution in [0.25, 0.3) is 6.08 Å². The Bertz CT molecular complexity index is 634. The van der Waals surface area contributed by atoms with E-state index in [1.165, 1.54) is 18.3 Å². The number of benzene rings is 2. The average molecular weight is 266 g/mol. The van der Waals surface area contributed by atoms with Crippen molar-refractivity contribution in [3.05, 3.63) is 71.8 Å². The van der Waals surface area contributed by atoms with E-state index in [4.69, 9.17) is 0 Å². The number of hydrogen-bond acceptors (Lipinski definition) is 3. The van der Waals surface area contributed by atoms with Gasteiger partial charge in [0.1, 0.15) is 5.75 Å². The Balaban J connectivity index is 1.89. The fourth-order valence-corrected chi connectivity index (χ4v) is 1.58. The number of nitrogens with zero attached hydrogens (tertiary/aromatic N) is 1. The van der Waals surface area contributed by atoms with E-state index < -0.39 is 5.91 Å². The van der Waals surface area contributed by atoms with Crippen LogP contribution in [0.1, 0.15) is 15.9 Å². The van der Waals surface area contributed by atoms with Gasteiger partial charge in [0.2, 0.25) is 0 Å². The molecule has 0 saturated heterocycles. The van der Waals surface area contributed by atoms with Crippen molar-refractivity contribution in [3.8, 4) is 5.75 Å². The van der Waals surface area contributed by atoms with Crippen LogP contribution >= 0.6 is 0 Å². The second-order valence-electron chi connectivity index (χ2n) is 4.01. The Morgan fingerprint density at radius 1 is 1.05 bits per heavy atom. The van der Waals surface area contributed by atoms with E-state index in [-0.39, 0.29) is 11.3 Å². The van der Waals surface area contributed by atoms with Crippen LogP contribution in [0.3, 0.4) is 0 Å². The molecule has 0 radical (unpaired) electrons. The number of hydrazone groups is 1. The summed E-state index contributed by atoms with van der Waals surface area (Å²) >= 11 is 0. The largest absolute Gasteiger partial charge is 0.507 e. The number of rotatable bonds is 4. The van der Waals surface area contributed by atoms with Gasteiger partial charge >= 0.3 is 0 Å². The van der Waals surface area contributed by atoms with Crippen LogP contribution in [0.5, 0.6) is 5.75 Å². The SMILES string of the molecule is O=C(NN=CC=Cc1ccccc1)c1ccccc1O. The van der Waals surface area contributed by atoms with Crippen LogP contribution in [0.2, 0.25) is 0 Å². The highest BCUT2D eigenvalue weighted by Crippen LogP contribution is 2.14. The lowest BCUT2D eigenvalue weighted by Crippen LogP contribution is -2.17. The molecule has 0 atom stereocenters. The predicted octanol–water partition coefficient (Wildman–Crippen LogP) is 2.82. The smallest absolute Gasteiger partial charge is 0.275 e. The van der Waals surface area contributed by atoms with Gasteiger partial charge in [0.05, 0.1) is 5.56 Å². The molecule has 0 fully saturated rings. The third-order valence-electron chi connectivity index (χ3n) is 2.56. The minimum absolute atomic E-state index is 0.0694. The van der Waals surface area contributed by atoms with Crippen molar-refractivity contribution >= 4 is 18.2 Å². The highest BCUT2D eigenvalue weighted by Gasteiger charge is 2.07. The average Bonchev–Trinajstić information content (AvgIpc) is 2.48. The number of para-hydroxylation sites is 1. The topological polar surface area (TPSA) is 61.7 Å². The minimum Gasteiger partial charge on any atom is -0.507 e. The molecule has 0 bridgehead atoms. The molecule has 0 aliphatic heterocycles. The third kappa shape index (κ3) is 3.81. The van der Waals surface area contributed by atoms with E-state index in [1.807, 2.05) is 36.4 Å². The number of carbonyl (C=O) groups is 1. The van der Waals surface area contributed by atoms with Crippen LogP contribution in [0, 0.1) is 0 Å². The maximum Gasteiger partial charge on any atom is 0.275 e. The molecular formula is C16H14N2O2. The molecule has 4 heteroatoms. The zero-order valence-electron chi connectivity index (χ0n) is 10.7. The molecule has 20 heavy (non-hydrogen) atoms. The van der Waals surface area contributed by atoms with Gasteiger partial charge in [-0.2, -0.15) is 5.10 Å². The highest BCUT2D eigenvalue weighted by atomic mass is 16.3. The molecule has 0 aliphatic carbocycles. The molecule has 2 N–H and O–H groups in total. The van der Waals surface area contributed by atoms with Crippen LogP contribution in [-0.4, -0.2) is 17.2 Å². The fraction of sp³-hybridized carbons (Fsp3) is 0. The molecule has 0 spiro atoms. The summed E-state index contributed by atoms with van der Waals surface area (Å²) in [6.07, 6.45) is 5.07. The first kappa shape index (κ1) is 13.5. The van der Waals surface area contributed by atoms with Crippen molar-refractivity contribution in [2.75, 3.05) is 0 Å². The highest BCUT2D eigenvalue weighted by molar-refractivity contribution is 5.97. The quantitative estimate of drug-likeness (QED) is 0.660. The molecule has 0 unspecified atom stereocenters. The van der Waals surface area contributed by atoms with Crippen LogP contribution in [0.15, 0.2) is 65.8 Å². The van der Waals surface area contributed by atoms with Gasteiger partial charge in [-0.3, -0.25) is 4.79 Å². The van der Waals surface area contributed by atoms with Crippen molar-refractivity contribution in [2.45, 2.75) is 0 Å². The molecule has 2 rings (SSSR count). The van der Waals surface area contributed by atoms with E-state index in [2.05, 4.69) is 10.5 Å². The predicted molar refractivity (Wildman–Crippen MR) is 79.5 cm³/mol. The zero-order chi connectivity index (χ0) is 14.2. The van der Waals surface area contributed by atoms with Crippen molar-refractivity contribution in [1.29, 1.82) is 0 Å². The number of carbonyl (C=O) groups excluding carboxylic acids is 1. The van der Waals surface area contributed by atoms with Crippen LogP contribution in [0.4, 0.5) is 0 Å². The third-order valence-corrected chi connectivity index (χ3v) is 2.56. The van der Waals surface area contributed by atoms with E-state index >= 15 is 0 Å². The molecule has 0 aliphatic rings. The lowest BCUT2D eigenvalue weighted by molar-refractivity contribution is 0.0952. The maximum absolute atomic E-state index is 11.7. The molecule has 0 aromatic heterocycles. The van der Waals surface area contributed by atoms with Crippen LogP contribution in [-0.2, 0) is 0 Å². The van der Waals surface area contributed by atoms with Gasteiger partial charge in [-0.15, -0.1) is 0 Å². The second kappa shape index (κ2) is 6.89. The summed E-state index contributed by atoms with van der Waals surface area (Å²) in [6.45, 7) is 0. The molecule has 0 saturated carbocycles. The Kier molecular flexibility index (Phi) is 4.67. The maximum atomic E-state index is 11.7. The van der Waals surface area contributed by atoms with Gasteiger partial charge in [-0.25, -0.2) is 5.43 Å². The van der Waals surface area contributed by atoms with Crippen molar-refractivity contribution < 1.29 is 9.90 Å². The Morgan fingerprint density at radius 3 is 2.50 bits per heavy atom. The van der Waals surface area contributed by atoms with Gasteiger partial charge in [0.25, 0.3) is 5.91 Å². The van der Waals surface area contributed by atoms with Gasteiger partial charge < -0.3 is 5.11 Å². The number of aromatic hydroxyl groups is 1. The number of phenolic OH excluding ortho intramolecular Hbond substituents is 1. The van der Waals surface area contributed by atoms with Gasteiger partial charge in [-0.05, 0) is 23.8 Å². The molecular weight excluding hydrogens is 252 g/mol. The summed E-state index contributed by atoms with van der Waals surface area (Å²) in [4.78, 5) is 11.7. The summed E-state index contributed by atoms with van der Waals surface area (Å²) in [7, 11) is 0. The fourth-order valence-electron chi connectivity index (χ4n) is 1.58. The van der Waals surface area contributed by atoms with Crippen molar-refractivity contribution in [2.24, 2.45) is 5.10 Å². The standard InChI is InChI=1S/C16H14N2O2/c19-15-11-5-4-10-14(15)16(20)18-17-12-6-9-13-7-2-1-3-8-13/h1-12,19H,(H,18,20). The van der Waals surface area contributed by atoms with Crippen molar-refractivity contribution in [3.63, 3.8) is 0 Å². The molecule has 100 valence electrons. The summed E-state index contributed by atoms with van der Waals surface area (Å²) in [6, 6.07) is 16.1. The Labute approximate surface area is 117 Å². The van der Waals surface area contributed by atoms with E-state index in [1.54, 1.807) is 18.2 Å². The monoisotopic (exact) mass is 266 g/mol. The Hall–Kier alpha value is -2.88. The summed E-state index contributed by atoms with van der Waals surface area (Å²) in [5.41, 5.74) is 3.58. The summed E-state index contributed by atoms with van der Waals surface area (Å²) < 4.78 is 0. The number of nitrogens with one attached hydrogen (secondary N) is 1. The van der Waals surface area contributed by atoms with E-state index in [9.17, 15) is 9.90 Å². The second-order valence-corrected chi connectivity index (χ2v) is 4.01.